The van der Waals surface area contributed by atoms with Crippen molar-refractivity contribution < 1.29 is 44.3 Å². The Kier molecular flexibility index (Phi) is 7.43. The molecule has 0 radical (unpaired) electrons. The molecule has 10 nitrogen and oxygen atoms in total. The SMILES string of the molecule is CNC(=O)c1c(-c2ccc(F)cc2)oc2cc(N(C)S(C)(=O)=O)c(-c3ccc(OC(F)(F)F)c(-c4nc5ncccc5o4)c3)cc12. The lowest BCUT2D eigenvalue weighted by Crippen LogP contribution is -2.25. The molecule has 0 saturated heterocycles. The van der Waals surface area contributed by atoms with Gasteiger partial charge in [0, 0.05) is 42.9 Å². The van der Waals surface area contributed by atoms with Crippen LogP contribution in [0.4, 0.5) is 23.2 Å². The molecule has 0 bridgehead atoms. The van der Waals surface area contributed by atoms with Gasteiger partial charge in [-0.2, -0.15) is 4.98 Å². The quantitative estimate of drug-likeness (QED) is 0.187. The highest BCUT2D eigenvalue weighted by atomic mass is 32.2. The van der Waals surface area contributed by atoms with E-state index in [1.807, 2.05) is 0 Å². The number of furan rings is 1. The van der Waals surface area contributed by atoms with Crippen LogP contribution in [-0.2, 0) is 10.0 Å². The number of sulfonamides is 1. The highest BCUT2D eigenvalue weighted by molar-refractivity contribution is 7.92. The smallest absolute Gasteiger partial charge is 0.455 e. The summed E-state index contributed by atoms with van der Waals surface area (Å²) in [5, 5.41) is 2.80. The number of rotatable bonds is 7. The molecule has 0 aliphatic carbocycles. The van der Waals surface area contributed by atoms with Gasteiger partial charge >= 0.3 is 6.36 Å². The van der Waals surface area contributed by atoms with Crippen molar-refractivity contribution >= 4 is 43.8 Å². The minimum atomic E-state index is -5.06. The summed E-state index contributed by atoms with van der Waals surface area (Å²) in [4.78, 5) is 21.5. The third kappa shape index (κ3) is 5.72. The number of amides is 1. The zero-order valence-electron chi connectivity index (χ0n) is 24.1. The van der Waals surface area contributed by atoms with E-state index in [0.717, 1.165) is 16.6 Å². The second-order valence-electron chi connectivity index (χ2n) is 10.1. The minimum Gasteiger partial charge on any atom is -0.455 e. The second kappa shape index (κ2) is 11.2. The Morgan fingerprint density at radius 3 is 2.33 bits per heavy atom. The first-order valence-corrected chi connectivity index (χ1v) is 15.2. The summed E-state index contributed by atoms with van der Waals surface area (Å²) in [5.41, 5.74) is 1.21. The summed E-state index contributed by atoms with van der Waals surface area (Å²) in [6.07, 6.45) is -2.65. The van der Waals surface area contributed by atoms with Gasteiger partial charge in [0.15, 0.2) is 11.2 Å². The van der Waals surface area contributed by atoms with Gasteiger partial charge in [0.1, 0.15) is 22.9 Å². The van der Waals surface area contributed by atoms with E-state index in [-0.39, 0.29) is 61.8 Å². The molecule has 0 aliphatic rings. The van der Waals surface area contributed by atoms with Crippen LogP contribution in [0.2, 0.25) is 0 Å². The summed E-state index contributed by atoms with van der Waals surface area (Å²) in [6, 6.07) is 14.9. The highest BCUT2D eigenvalue weighted by Crippen LogP contribution is 2.44. The Balaban J connectivity index is 1.64. The minimum absolute atomic E-state index is 0.0705. The van der Waals surface area contributed by atoms with E-state index in [4.69, 9.17) is 8.83 Å². The number of fused-ring (bicyclic) bond motifs is 2. The summed E-state index contributed by atoms with van der Waals surface area (Å²) in [5.74, 6) is -1.84. The van der Waals surface area contributed by atoms with Gasteiger partial charge < -0.3 is 18.9 Å². The average molecular weight is 655 g/mol. The van der Waals surface area contributed by atoms with Crippen LogP contribution in [0, 0.1) is 5.82 Å². The molecule has 15 heteroatoms. The molecule has 3 aromatic heterocycles. The van der Waals surface area contributed by atoms with Crippen molar-refractivity contribution in [2.24, 2.45) is 0 Å². The van der Waals surface area contributed by atoms with Crippen molar-refractivity contribution in [1.29, 1.82) is 0 Å². The number of oxazole rings is 1. The van der Waals surface area contributed by atoms with Gasteiger partial charge in [0.05, 0.1) is 23.1 Å². The fourth-order valence-electron chi connectivity index (χ4n) is 4.92. The van der Waals surface area contributed by atoms with Crippen molar-refractivity contribution in [3.8, 4) is 39.7 Å². The molecule has 236 valence electrons. The maximum atomic E-state index is 13.7. The predicted octanol–water partition coefficient (Wildman–Crippen LogP) is 6.76. The number of nitrogens with one attached hydrogen (secondary N) is 1. The van der Waals surface area contributed by atoms with Crippen LogP contribution in [0.1, 0.15) is 10.4 Å². The number of carbonyl (C=O) groups excluding carboxylic acids is 1. The third-order valence-electron chi connectivity index (χ3n) is 7.12. The van der Waals surface area contributed by atoms with Crippen LogP contribution < -0.4 is 14.4 Å². The molecule has 1 N–H and O–H groups in total. The normalized spacial score (nSPS) is 12.1. The lowest BCUT2D eigenvalue weighted by Gasteiger charge is -2.21. The van der Waals surface area contributed by atoms with Crippen molar-refractivity contribution in [1.82, 2.24) is 15.3 Å². The highest BCUT2D eigenvalue weighted by Gasteiger charge is 2.33. The summed E-state index contributed by atoms with van der Waals surface area (Å²) < 4.78 is 96.5. The molecule has 46 heavy (non-hydrogen) atoms. The number of anilines is 1. The van der Waals surface area contributed by atoms with Gasteiger partial charge in [-0.05, 0) is 60.2 Å². The van der Waals surface area contributed by atoms with Crippen molar-refractivity contribution in [2.75, 3.05) is 24.7 Å². The number of nitrogens with zero attached hydrogens (tertiary/aromatic N) is 3. The van der Waals surface area contributed by atoms with Gasteiger partial charge in [-0.1, -0.05) is 6.07 Å². The third-order valence-corrected chi connectivity index (χ3v) is 8.31. The Morgan fingerprint density at radius 2 is 1.67 bits per heavy atom. The molecular formula is C31H22F4N4O6S. The monoisotopic (exact) mass is 654 g/mol. The van der Waals surface area contributed by atoms with Gasteiger partial charge in [-0.25, -0.2) is 17.8 Å². The maximum Gasteiger partial charge on any atom is 0.573 e. The average Bonchev–Trinajstić information content (AvgIpc) is 3.60. The molecule has 6 aromatic rings. The van der Waals surface area contributed by atoms with Crippen LogP contribution >= 0.6 is 0 Å². The first-order chi connectivity index (χ1) is 21.7. The molecule has 3 aromatic carbocycles. The summed E-state index contributed by atoms with van der Waals surface area (Å²) in [7, 11) is -1.19. The number of hydrogen-bond donors (Lipinski definition) is 1. The molecule has 0 saturated carbocycles. The zero-order chi connectivity index (χ0) is 33.0. The molecule has 3 heterocycles. The van der Waals surface area contributed by atoms with E-state index in [1.165, 1.54) is 74.9 Å². The first-order valence-electron chi connectivity index (χ1n) is 13.4. The van der Waals surface area contributed by atoms with E-state index in [0.29, 0.717) is 5.56 Å². The van der Waals surface area contributed by atoms with E-state index >= 15 is 0 Å². The van der Waals surface area contributed by atoms with Gasteiger partial charge in [-0.3, -0.25) is 9.10 Å². The standard InChI is InChI=1S/C31H22F4N4O6S/c1-36-29(40)26-20-14-19(22(39(2)46(3,41)42)15-25(20)43-27(26)16-6-9-18(32)10-7-16)17-8-11-23(45-31(33,34)35)21(13-17)30-38-28-24(44-30)5-4-12-37-28/h4-15H,1-3H3,(H,36,40). The van der Waals surface area contributed by atoms with Crippen LogP contribution in [0.5, 0.6) is 5.75 Å². The topological polar surface area (TPSA) is 128 Å². The Bertz CT molecular complexity index is 2210. The van der Waals surface area contributed by atoms with Crippen LogP contribution in [0.3, 0.4) is 0 Å². The van der Waals surface area contributed by atoms with Crippen molar-refractivity contribution in [3.05, 3.63) is 84.3 Å². The summed E-state index contributed by atoms with van der Waals surface area (Å²) in [6.45, 7) is 0. The summed E-state index contributed by atoms with van der Waals surface area (Å²) >= 11 is 0. The number of ether oxygens (including phenoxy) is 1. The van der Waals surface area contributed by atoms with E-state index < -0.39 is 33.9 Å². The number of pyridine rings is 1. The molecule has 0 fully saturated rings. The maximum absolute atomic E-state index is 13.7. The Labute approximate surface area is 258 Å². The van der Waals surface area contributed by atoms with Gasteiger partial charge in [0.2, 0.25) is 15.9 Å². The van der Waals surface area contributed by atoms with Crippen LogP contribution in [0.15, 0.2) is 81.8 Å². The molecule has 0 spiro atoms. The molecule has 0 atom stereocenters. The number of hydrogen-bond acceptors (Lipinski definition) is 8. The Morgan fingerprint density at radius 1 is 0.957 bits per heavy atom. The largest absolute Gasteiger partial charge is 0.573 e. The molecule has 0 unspecified atom stereocenters. The molecule has 1 amide bonds. The lowest BCUT2D eigenvalue weighted by atomic mass is 9.97. The van der Waals surface area contributed by atoms with Crippen LogP contribution in [-0.4, -0.2) is 51.0 Å². The number of benzene rings is 3. The number of alkyl halides is 3. The Hall–Kier alpha value is -5.44. The number of halogens is 4. The molecular weight excluding hydrogens is 632 g/mol. The predicted molar refractivity (Wildman–Crippen MR) is 161 cm³/mol. The molecule has 6 rings (SSSR count). The lowest BCUT2D eigenvalue weighted by molar-refractivity contribution is -0.274. The zero-order valence-corrected chi connectivity index (χ0v) is 25.0. The number of aromatic nitrogens is 2. The van der Waals surface area contributed by atoms with Crippen molar-refractivity contribution in [2.45, 2.75) is 6.36 Å². The number of carbonyl (C=O) groups is 1. The van der Waals surface area contributed by atoms with Gasteiger partial charge in [-0.15, -0.1) is 13.2 Å². The van der Waals surface area contributed by atoms with E-state index in [9.17, 15) is 30.8 Å². The first kappa shape index (κ1) is 30.6. The van der Waals surface area contributed by atoms with E-state index in [1.54, 1.807) is 6.07 Å². The fraction of sp³-hybridized carbons (Fsp3) is 0.129. The fourth-order valence-corrected chi connectivity index (χ4v) is 5.43. The van der Waals surface area contributed by atoms with Crippen LogP contribution in [0.25, 0.3) is 56.1 Å². The van der Waals surface area contributed by atoms with Crippen molar-refractivity contribution in [3.63, 3.8) is 0 Å². The second-order valence-corrected chi connectivity index (χ2v) is 12.1. The van der Waals surface area contributed by atoms with E-state index in [2.05, 4.69) is 20.0 Å². The molecule has 0 aliphatic heterocycles. The van der Waals surface area contributed by atoms with Gasteiger partial charge in [0.25, 0.3) is 5.91 Å².